The maximum atomic E-state index is 12.6. The zero-order valence-electron chi connectivity index (χ0n) is 13.7. The predicted octanol–water partition coefficient (Wildman–Crippen LogP) is 1.92. The van der Waals surface area contributed by atoms with Gasteiger partial charge in [-0.25, -0.2) is 9.59 Å². The molecule has 3 amide bonds. The normalized spacial score (nSPS) is 12.0. The molecule has 126 valence electrons. The standard InChI is InChI=1S/C17H19N3O4/c1-9(2)14(15(21)20-17(18)23)24-16(22)12-8-10(3)19-13-7-5-4-6-11(12)13/h4-9,14H,1-3H3,(H3,18,20,21,23)/t14-/m1/s1. The molecule has 0 radical (unpaired) electrons. The van der Waals surface area contributed by atoms with Crippen LogP contribution in [0.25, 0.3) is 10.9 Å². The Bertz CT molecular complexity index is 802. The maximum absolute atomic E-state index is 12.6. The number of nitrogens with zero attached hydrogens (tertiary/aromatic N) is 1. The van der Waals surface area contributed by atoms with Gasteiger partial charge in [-0.15, -0.1) is 0 Å². The molecule has 1 atom stereocenters. The summed E-state index contributed by atoms with van der Waals surface area (Å²) in [6.45, 7) is 5.17. The molecule has 24 heavy (non-hydrogen) atoms. The fourth-order valence-corrected chi connectivity index (χ4v) is 2.34. The third-order valence-electron chi connectivity index (χ3n) is 3.41. The van der Waals surface area contributed by atoms with Crippen LogP contribution in [0.2, 0.25) is 0 Å². The van der Waals surface area contributed by atoms with E-state index in [9.17, 15) is 14.4 Å². The van der Waals surface area contributed by atoms with Crippen molar-refractivity contribution < 1.29 is 19.1 Å². The third kappa shape index (κ3) is 3.87. The Morgan fingerprint density at radius 2 is 1.88 bits per heavy atom. The minimum Gasteiger partial charge on any atom is -0.448 e. The van der Waals surface area contributed by atoms with Crippen LogP contribution in [0, 0.1) is 12.8 Å². The number of hydrogen-bond acceptors (Lipinski definition) is 5. The summed E-state index contributed by atoms with van der Waals surface area (Å²) in [6.07, 6.45) is -1.13. The molecule has 2 aromatic rings. The lowest BCUT2D eigenvalue weighted by Crippen LogP contribution is -2.45. The molecule has 1 heterocycles. The highest BCUT2D eigenvalue weighted by Gasteiger charge is 2.28. The second-order valence-corrected chi connectivity index (χ2v) is 5.75. The first-order valence-corrected chi connectivity index (χ1v) is 7.47. The van der Waals surface area contributed by atoms with Crippen LogP contribution >= 0.6 is 0 Å². The Kier molecular flexibility index (Phi) is 5.13. The molecule has 1 aromatic carbocycles. The highest BCUT2D eigenvalue weighted by Crippen LogP contribution is 2.20. The maximum Gasteiger partial charge on any atom is 0.339 e. The van der Waals surface area contributed by atoms with E-state index in [2.05, 4.69) is 4.98 Å². The number of esters is 1. The number of nitrogens with one attached hydrogen (secondary N) is 1. The van der Waals surface area contributed by atoms with Crippen molar-refractivity contribution in [1.82, 2.24) is 10.3 Å². The van der Waals surface area contributed by atoms with Crippen molar-refractivity contribution in [2.45, 2.75) is 26.9 Å². The van der Waals surface area contributed by atoms with Crippen molar-refractivity contribution in [1.29, 1.82) is 0 Å². The van der Waals surface area contributed by atoms with Crippen LogP contribution < -0.4 is 11.1 Å². The zero-order chi connectivity index (χ0) is 17.9. The minimum atomic E-state index is -1.13. The first-order valence-electron chi connectivity index (χ1n) is 7.47. The van der Waals surface area contributed by atoms with Gasteiger partial charge in [-0.05, 0) is 25.0 Å². The number of imide groups is 1. The summed E-state index contributed by atoms with van der Waals surface area (Å²) in [5, 5.41) is 2.57. The van der Waals surface area contributed by atoms with Gasteiger partial charge >= 0.3 is 12.0 Å². The number of aryl methyl sites for hydroxylation is 1. The first kappa shape index (κ1) is 17.4. The third-order valence-corrected chi connectivity index (χ3v) is 3.41. The molecule has 0 aliphatic rings. The Balaban J connectivity index is 2.34. The number of aromatic nitrogens is 1. The summed E-state index contributed by atoms with van der Waals surface area (Å²) >= 11 is 0. The monoisotopic (exact) mass is 329 g/mol. The highest BCUT2D eigenvalue weighted by molar-refractivity contribution is 6.05. The summed E-state index contributed by atoms with van der Waals surface area (Å²) in [4.78, 5) is 39.8. The van der Waals surface area contributed by atoms with Crippen LogP contribution in [0.3, 0.4) is 0 Å². The van der Waals surface area contributed by atoms with Gasteiger partial charge in [-0.3, -0.25) is 15.1 Å². The molecule has 1 aromatic heterocycles. The molecule has 0 spiro atoms. The molecule has 0 aliphatic heterocycles. The lowest BCUT2D eigenvalue weighted by molar-refractivity contribution is -0.130. The summed E-state index contributed by atoms with van der Waals surface area (Å²) in [7, 11) is 0. The number of amides is 3. The van der Waals surface area contributed by atoms with Gasteiger partial charge in [0, 0.05) is 11.1 Å². The van der Waals surface area contributed by atoms with Crippen molar-refractivity contribution in [3.63, 3.8) is 0 Å². The summed E-state index contributed by atoms with van der Waals surface area (Å²) in [5.41, 5.74) is 6.58. The summed E-state index contributed by atoms with van der Waals surface area (Å²) in [6, 6.07) is 7.77. The lowest BCUT2D eigenvalue weighted by Gasteiger charge is -2.20. The molecule has 2 rings (SSSR count). The number of benzene rings is 1. The molecule has 7 nitrogen and oxygen atoms in total. The van der Waals surface area contributed by atoms with E-state index in [4.69, 9.17) is 10.5 Å². The zero-order valence-corrected chi connectivity index (χ0v) is 13.7. The van der Waals surface area contributed by atoms with Crippen LogP contribution in [0.5, 0.6) is 0 Å². The summed E-state index contributed by atoms with van der Waals surface area (Å²) in [5.74, 6) is -1.74. The number of ether oxygens (including phenoxy) is 1. The first-order chi connectivity index (χ1) is 11.3. The van der Waals surface area contributed by atoms with Gasteiger partial charge in [0.05, 0.1) is 11.1 Å². The van der Waals surface area contributed by atoms with Crippen LogP contribution in [0.1, 0.15) is 29.9 Å². The van der Waals surface area contributed by atoms with Crippen molar-refractivity contribution in [2.24, 2.45) is 11.7 Å². The largest absolute Gasteiger partial charge is 0.448 e. The predicted molar refractivity (Wildman–Crippen MR) is 88.2 cm³/mol. The second-order valence-electron chi connectivity index (χ2n) is 5.75. The van der Waals surface area contributed by atoms with E-state index in [-0.39, 0.29) is 5.92 Å². The molecule has 7 heteroatoms. The number of fused-ring (bicyclic) bond motifs is 1. The van der Waals surface area contributed by atoms with Gasteiger partial charge in [-0.1, -0.05) is 32.0 Å². The van der Waals surface area contributed by atoms with Gasteiger partial charge in [0.25, 0.3) is 5.91 Å². The molecule has 0 aliphatic carbocycles. The number of carbonyl (C=O) groups is 3. The van der Waals surface area contributed by atoms with Crippen LogP contribution in [-0.2, 0) is 9.53 Å². The number of pyridine rings is 1. The number of hydrogen-bond donors (Lipinski definition) is 2. The van der Waals surface area contributed by atoms with Gasteiger partial charge in [0.1, 0.15) is 0 Å². The van der Waals surface area contributed by atoms with E-state index in [0.717, 1.165) is 0 Å². The van der Waals surface area contributed by atoms with E-state index >= 15 is 0 Å². The van der Waals surface area contributed by atoms with E-state index in [1.54, 1.807) is 45.0 Å². The Morgan fingerprint density at radius 3 is 2.50 bits per heavy atom. The molecule has 0 saturated carbocycles. The number of nitrogens with two attached hydrogens (primary N) is 1. The van der Waals surface area contributed by atoms with E-state index < -0.39 is 24.0 Å². The van der Waals surface area contributed by atoms with Crippen molar-refractivity contribution in [3.8, 4) is 0 Å². The quantitative estimate of drug-likeness (QED) is 0.832. The molecular formula is C17H19N3O4. The van der Waals surface area contributed by atoms with E-state index in [1.165, 1.54) is 0 Å². The number of carbonyl (C=O) groups excluding carboxylic acids is 3. The Labute approximate surface area is 139 Å². The lowest BCUT2D eigenvalue weighted by atomic mass is 10.1. The fraction of sp³-hybridized carbons (Fsp3) is 0.294. The van der Waals surface area contributed by atoms with E-state index in [0.29, 0.717) is 22.2 Å². The Hall–Kier alpha value is -2.96. The SMILES string of the molecule is Cc1cc(C(=O)O[C@@H](C(=O)NC(N)=O)C(C)C)c2ccccc2n1. The van der Waals surface area contributed by atoms with Crippen molar-refractivity contribution in [2.75, 3.05) is 0 Å². The van der Waals surface area contributed by atoms with Crippen LogP contribution in [0.15, 0.2) is 30.3 Å². The molecule has 0 fully saturated rings. The average Bonchev–Trinajstić information content (AvgIpc) is 2.50. The van der Waals surface area contributed by atoms with Gasteiger partial charge in [0.15, 0.2) is 6.10 Å². The Morgan fingerprint density at radius 1 is 1.21 bits per heavy atom. The average molecular weight is 329 g/mol. The second kappa shape index (κ2) is 7.08. The fourth-order valence-electron chi connectivity index (χ4n) is 2.34. The number of para-hydroxylation sites is 1. The molecule has 0 bridgehead atoms. The minimum absolute atomic E-state index is 0.315. The van der Waals surface area contributed by atoms with Crippen LogP contribution in [-0.4, -0.2) is 29.0 Å². The molecule has 3 N–H and O–H groups in total. The molecule has 0 unspecified atom stereocenters. The topological polar surface area (TPSA) is 111 Å². The smallest absolute Gasteiger partial charge is 0.339 e. The van der Waals surface area contributed by atoms with E-state index in [1.807, 2.05) is 11.4 Å². The highest BCUT2D eigenvalue weighted by atomic mass is 16.5. The van der Waals surface area contributed by atoms with Crippen LogP contribution in [0.4, 0.5) is 4.79 Å². The molecule has 0 saturated heterocycles. The van der Waals surface area contributed by atoms with Crippen molar-refractivity contribution in [3.05, 3.63) is 41.6 Å². The van der Waals surface area contributed by atoms with Gasteiger partial charge in [-0.2, -0.15) is 0 Å². The van der Waals surface area contributed by atoms with Crippen molar-refractivity contribution >= 4 is 28.8 Å². The summed E-state index contributed by atoms with van der Waals surface area (Å²) < 4.78 is 5.34. The number of urea groups is 1. The van der Waals surface area contributed by atoms with Gasteiger partial charge in [0.2, 0.25) is 0 Å². The number of rotatable bonds is 4. The molecular weight excluding hydrogens is 310 g/mol. The number of primary amides is 1. The van der Waals surface area contributed by atoms with Gasteiger partial charge < -0.3 is 10.5 Å².